The van der Waals surface area contributed by atoms with Gasteiger partial charge in [-0.2, -0.15) is 31.6 Å². The minimum absolute atomic E-state index is 0.0599. The molecule has 4 rings (SSSR count). The molecule has 1 aromatic carbocycles. The van der Waals surface area contributed by atoms with Crippen molar-refractivity contribution in [1.29, 1.82) is 5.26 Å². The van der Waals surface area contributed by atoms with Crippen molar-refractivity contribution in [3.63, 3.8) is 0 Å². The van der Waals surface area contributed by atoms with E-state index in [1.165, 1.54) is 16.7 Å². The lowest BCUT2D eigenvalue weighted by Gasteiger charge is -2.38. The first-order valence-corrected chi connectivity index (χ1v) is 11.5. The Labute approximate surface area is 203 Å². The average Bonchev–Trinajstić information content (AvgIpc) is 3.51. The lowest BCUT2D eigenvalue weighted by molar-refractivity contribution is -0.143. The summed E-state index contributed by atoms with van der Waals surface area (Å²) in [4.78, 5) is 30.3. The molecule has 2 bridgehead atoms. The molecule has 13 heteroatoms. The number of piperazine rings is 1. The van der Waals surface area contributed by atoms with Crippen molar-refractivity contribution in [2.75, 3.05) is 19.6 Å². The van der Waals surface area contributed by atoms with Gasteiger partial charge in [0.2, 0.25) is 11.8 Å². The van der Waals surface area contributed by atoms with Gasteiger partial charge in [0.1, 0.15) is 6.04 Å². The summed E-state index contributed by atoms with van der Waals surface area (Å²) in [7, 11) is 0. The zero-order chi connectivity index (χ0) is 26.6. The number of alkyl halides is 6. The molecule has 3 aliphatic heterocycles. The third kappa shape index (κ3) is 4.76. The summed E-state index contributed by atoms with van der Waals surface area (Å²) >= 11 is 0. The van der Waals surface area contributed by atoms with E-state index in [0.717, 1.165) is 0 Å². The monoisotopic (exact) mass is 517 g/mol. The Balaban J connectivity index is 1.49. The van der Waals surface area contributed by atoms with Gasteiger partial charge in [-0.1, -0.05) is 0 Å². The largest absolute Gasteiger partial charge is 0.416 e. The summed E-state index contributed by atoms with van der Waals surface area (Å²) in [5.74, 6) is -0.816. The minimum Gasteiger partial charge on any atom is -0.330 e. The molecule has 0 spiro atoms. The molecular weight excluding hydrogens is 492 g/mol. The van der Waals surface area contributed by atoms with Gasteiger partial charge in [-0.25, -0.2) is 0 Å². The van der Waals surface area contributed by atoms with Crippen LogP contribution in [0.15, 0.2) is 18.2 Å². The van der Waals surface area contributed by atoms with Crippen LogP contribution in [0, 0.1) is 11.3 Å². The van der Waals surface area contributed by atoms with Gasteiger partial charge in [-0.05, 0) is 49.9 Å². The number of hydrogen-bond acceptors (Lipinski definition) is 5. The number of rotatable bonds is 5. The Kier molecular flexibility index (Phi) is 6.72. The fraction of sp³-hybridized carbons (Fsp3) is 0.609. The Hall–Kier alpha value is -2.85. The van der Waals surface area contributed by atoms with Crippen LogP contribution in [0.2, 0.25) is 0 Å². The molecule has 0 radical (unpaired) electrons. The molecule has 0 unspecified atom stereocenters. The number of hydrogen-bond donors (Lipinski definition) is 1. The molecular formula is C23H25F6N5O2. The van der Waals surface area contributed by atoms with Crippen molar-refractivity contribution in [3.05, 3.63) is 34.9 Å². The smallest absolute Gasteiger partial charge is 0.330 e. The number of halogens is 6. The van der Waals surface area contributed by atoms with Gasteiger partial charge in [0.05, 0.1) is 35.3 Å². The fourth-order valence-corrected chi connectivity index (χ4v) is 5.49. The molecule has 2 N–H and O–H groups in total. The zero-order valence-electron chi connectivity index (χ0n) is 19.3. The van der Waals surface area contributed by atoms with Crippen LogP contribution >= 0.6 is 0 Å². The number of nitrogens with two attached hydrogens (primary N) is 1. The number of amides is 2. The Morgan fingerprint density at radius 2 is 1.78 bits per heavy atom. The molecule has 0 aliphatic carbocycles. The van der Waals surface area contributed by atoms with E-state index in [-0.39, 0.29) is 30.6 Å². The van der Waals surface area contributed by atoms with E-state index in [1.807, 2.05) is 0 Å². The molecule has 196 valence electrons. The molecule has 3 saturated heterocycles. The maximum absolute atomic E-state index is 13.3. The Morgan fingerprint density at radius 1 is 1.17 bits per heavy atom. The van der Waals surface area contributed by atoms with E-state index in [9.17, 15) is 41.2 Å². The van der Waals surface area contributed by atoms with Crippen LogP contribution in [0.25, 0.3) is 0 Å². The summed E-state index contributed by atoms with van der Waals surface area (Å²) in [5, 5.41) is 9.20. The summed E-state index contributed by atoms with van der Waals surface area (Å²) in [6, 6.07) is -0.208. The number of benzene rings is 1. The molecule has 7 nitrogen and oxygen atoms in total. The Bertz CT molecular complexity index is 1050. The molecule has 5 atom stereocenters. The van der Waals surface area contributed by atoms with Crippen LogP contribution in [0.5, 0.6) is 0 Å². The highest BCUT2D eigenvalue weighted by Gasteiger charge is 2.52. The quantitative estimate of drug-likeness (QED) is 0.607. The molecule has 3 fully saturated rings. The van der Waals surface area contributed by atoms with Gasteiger partial charge >= 0.3 is 12.4 Å². The van der Waals surface area contributed by atoms with E-state index < -0.39 is 59.6 Å². The minimum atomic E-state index is -4.98. The van der Waals surface area contributed by atoms with E-state index in [4.69, 9.17) is 5.73 Å². The summed E-state index contributed by atoms with van der Waals surface area (Å²) < 4.78 is 79.7. The molecule has 1 aromatic rings. The number of nitriles is 1. The van der Waals surface area contributed by atoms with Crippen molar-refractivity contribution in [3.8, 4) is 6.07 Å². The molecule has 2 amide bonds. The predicted molar refractivity (Wildman–Crippen MR) is 114 cm³/mol. The highest BCUT2D eigenvalue weighted by Crippen LogP contribution is 2.42. The summed E-state index contributed by atoms with van der Waals surface area (Å²) in [6.45, 7) is 2.18. The fourth-order valence-electron chi connectivity index (χ4n) is 5.49. The zero-order valence-corrected chi connectivity index (χ0v) is 19.3. The van der Waals surface area contributed by atoms with Gasteiger partial charge in [0.25, 0.3) is 0 Å². The second-order valence-corrected chi connectivity index (χ2v) is 9.55. The third-order valence-corrected chi connectivity index (χ3v) is 7.26. The Morgan fingerprint density at radius 3 is 2.31 bits per heavy atom. The van der Waals surface area contributed by atoms with Crippen molar-refractivity contribution < 1.29 is 35.9 Å². The van der Waals surface area contributed by atoms with E-state index in [2.05, 4.69) is 6.07 Å². The highest BCUT2D eigenvalue weighted by molar-refractivity contribution is 5.87. The maximum Gasteiger partial charge on any atom is 0.416 e. The van der Waals surface area contributed by atoms with Crippen LogP contribution in [0.3, 0.4) is 0 Å². The summed E-state index contributed by atoms with van der Waals surface area (Å²) in [6.07, 6.45) is -8.37. The molecule has 0 saturated carbocycles. The van der Waals surface area contributed by atoms with Crippen LogP contribution in [-0.2, 0) is 21.9 Å². The second kappa shape index (κ2) is 9.23. The van der Waals surface area contributed by atoms with Gasteiger partial charge in [0.15, 0.2) is 0 Å². The van der Waals surface area contributed by atoms with Gasteiger partial charge in [-0.3, -0.25) is 14.5 Å². The van der Waals surface area contributed by atoms with E-state index in [0.29, 0.717) is 37.9 Å². The second-order valence-electron chi connectivity index (χ2n) is 9.55. The average molecular weight is 517 g/mol. The molecule has 36 heavy (non-hydrogen) atoms. The number of nitrogens with zero attached hydrogens (tertiary/aromatic N) is 4. The third-order valence-electron chi connectivity index (χ3n) is 7.26. The van der Waals surface area contributed by atoms with Crippen molar-refractivity contribution in [2.24, 2.45) is 5.73 Å². The predicted octanol–water partition coefficient (Wildman–Crippen LogP) is 2.91. The topological polar surface area (TPSA) is 93.7 Å². The lowest BCUT2D eigenvalue weighted by Crippen LogP contribution is -2.56. The lowest BCUT2D eigenvalue weighted by atomic mass is 9.98. The first-order chi connectivity index (χ1) is 16.7. The first-order valence-electron chi connectivity index (χ1n) is 11.5. The number of carbonyl (C=O) groups is 2. The number of likely N-dealkylation sites (tertiary alicyclic amines) is 3. The number of carbonyl (C=O) groups excluding carboxylic acids is 2. The standard InChI is InChI=1S/C23H25F6N5O2/c1-12(13-5-14(22(24,25)26)7-15(6-13)23(27,28)29)34-17-8-19(21(34)36)32(10-17)11-18(31)20(35)33-4-2-3-16(33)9-30/h5-7,12,16-19H,2-4,8,10-11,31H2,1H3/t12-,16+,17+,18+,19+/m1/s1. The van der Waals surface area contributed by atoms with Crippen LogP contribution in [-0.4, -0.2) is 70.3 Å². The van der Waals surface area contributed by atoms with E-state index in [1.54, 1.807) is 4.90 Å². The van der Waals surface area contributed by atoms with Gasteiger partial charge in [-0.15, -0.1) is 0 Å². The van der Waals surface area contributed by atoms with Crippen molar-refractivity contribution in [2.45, 2.75) is 68.7 Å². The van der Waals surface area contributed by atoms with E-state index >= 15 is 0 Å². The summed E-state index contributed by atoms with van der Waals surface area (Å²) in [5.41, 5.74) is 2.97. The normalized spacial score (nSPS) is 26.4. The van der Waals surface area contributed by atoms with Crippen LogP contribution in [0.4, 0.5) is 26.3 Å². The SMILES string of the molecule is C[C@H](c1cc(C(F)(F)F)cc(C(F)(F)F)c1)N1C(=O)[C@@H]2C[C@H]1CN2C[C@H](N)C(=O)N1CCC[C@H]1C#N. The van der Waals surface area contributed by atoms with Gasteiger partial charge < -0.3 is 15.5 Å². The number of fused-ring (bicyclic) bond motifs is 2. The molecule has 0 aromatic heterocycles. The van der Waals surface area contributed by atoms with Crippen LogP contribution in [0.1, 0.15) is 48.9 Å². The van der Waals surface area contributed by atoms with Gasteiger partial charge in [0, 0.05) is 25.7 Å². The maximum atomic E-state index is 13.3. The van der Waals surface area contributed by atoms with Crippen molar-refractivity contribution >= 4 is 11.8 Å². The highest BCUT2D eigenvalue weighted by atomic mass is 19.4. The first kappa shape index (κ1) is 26.2. The van der Waals surface area contributed by atoms with Crippen molar-refractivity contribution in [1.82, 2.24) is 14.7 Å². The van der Waals surface area contributed by atoms with Crippen LogP contribution < -0.4 is 5.73 Å². The molecule has 3 aliphatic rings. The molecule has 3 heterocycles.